The molecule has 11 atom stereocenters. The van der Waals surface area contributed by atoms with Crippen molar-refractivity contribution in [3.05, 3.63) is 48.0 Å². The van der Waals surface area contributed by atoms with Crippen LogP contribution in [0.4, 0.5) is 0 Å². The van der Waals surface area contributed by atoms with Gasteiger partial charge in [0.2, 0.25) is 11.8 Å². The summed E-state index contributed by atoms with van der Waals surface area (Å²) < 4.78 is 6.18. The number of nitrogens with one attached hydrogen (secondary N) is 1. The molecule has 0 aromatic heterocycles. The molecule has 1 aromatic rings. The van der Waals surface area contributed by atoms with Gasteiger partial charge in [-0.1, -0.05) is 84.0 Å². The highest BCUT2D eigenvalue weighted by molar-refractivity contribution is 5.82. The summed E-state index contributed by atoms with van der Waals surface area (Å²) >= 11 is 0. The summed E-state index contributed by atoms with van der Waals surface area (Å²) in [7, 11) is 0. The first kappa shape index (κ1) is 38.1. The molecule has 0 spiro atoms. The molecule has 0 saturated heterocycles. The van der Waals surface area contributed by atoms with Crippen molar-refractivity contribution in [2.75, 3.05) is 6.54 Å². The van der Waals surface area contributed by atoms with Crippen molar-refractivity contribution in [1.29, 1.82) is 0 Å². The minimum atomic E-state index is -0.570. The summed E-state index contributed by atoms with van der Waals surface area (Å²) in [6.45, 7) is 20.3. The standard InChI is InChI=1S/C44H67N3O4/c1-28(27-47-39(50)32(45)26-29-12-9-8-10-13-29)30-18-21-41(4)24-25-43(6)31(38(30)41)16-17-34-42(5)22-20-35(51-37(49)15-11-14-36(46)48)40(2,3)33(42)19-23-44(34,43)7/h8-10,12-13,30-35,38H,1,11,14-27,45H2,2-7H3,(H2,46,48)(H,47,50)/t30-,31+,32?,33-,34+,35-,38+,41+,42-,43+,44+/m0/s1. The second-order valence-electron chi connectivity index (χ2n) is 19.3. The molecular weight excluding hydrogens is 635 g/mol. The zero-order valence-electron chi connectivity index (χ0n) is 32.5. The monoisotopic (exact) mass is 702 g/mol. The minimum absolute atomic E-state index is 0.0947. The average Bonchev–Trinajstić information content (AvgIpc) is 3.43. The van der Waals surface area contributed by atoms with Crippen LogP contribution in [0.25, 0.3) is 0 Å². The van der Waals surface area contributed by atoms with Gasteiger partial charge in [0.15, 0.2) is 0 Å². The lowest BCUT2D eigenvalue weighted by molar-refractivity contribution is -0.249. The van der Waals surface area contributed by atoms with Crippen molar-refractivity contribution < 1.29 is 19.1 Å². The van der Waals surface area contributed by atoms with Gasteiger partial charge in [-0.15, -0.1) is 0 Å². The number of carbonyl (C=O) groups excluding carboxylic acids is 3. The molecule has 5 aliphatic rings. The topological polar surface area (TPSA) is 125 Å². The van der Waals surface area contributed by atoms with Crippen LogP contribution in [-0.4, -0.2) is 36.5 Å². The molecule has 1 aromatic carbocycles. The molecule has 7 heteroatoms. The van der Waals surface area contributed by atoms with Gasteiger partial charge < -0.3 is 21.5 Å². The van der Waals surface area contributed by atoms with Gasteiger partial charge in [-0.3, -0.25) is 14.4 Å². The number of primary amides is 1. The summed E-state index contributed by atoms with van der Waals surface area (Å²) in [5.41, 5.74) is 14.8. The molecule has 5 saturated carbocycles. The largest absolute Gasteiger partial charge is 0.462 e. The fraction of sp³-hybridized carbons (Fsp3) is 0.750. The van der Waals surface area contributed by atoms with Crippen LogP contribution in [0.5, 0.6) is 0 Å². The number of nitrogens with two attached hydrogens (primary N) is 2. The zero-order valence-corrected chi connectivity index (χ0v) is 32.5. The first-order chi connectivity index (χ1) is 24.0. The molecule has 5 aliphatic carbocycles. The Morgan fingerprint density at radius 3 is 2.29 bits per heavy atom. The summed E-state index contributed by atoms with van der Waals surface area (Å²) in [6.07, 6.45) is 13.2. The van der Waals surface area contributed by atoms with Gasteiger partial charge in [0.05, 0.1) is 6.04 Å². The van der Waals surface area contributed by atoms with Gasteiger partial charge in [-0.25, -0.2) is 0 Å². The first-order valence-corrected chi connectivity index (χ1v) is 20.2. The summed E-state index contributed by atoms with van der Waals surface area (Å²) in [6, 6.07) is 9.43. The Kier molecular flexibility index (Phi) is 10.4. The van der Waals surface area contributed by atoms with Gasteiger partial charge in [0.1, 0.15) is 6.10 Å². The maximum absolute atomic E-state index is 13.1. The molecule has 0 aliphatic heterocycles. The SMILES string of the molecule is C=C(CNC(=O)C(N)Cc1ccccc1)[C@@H]1CC[C@]2(C)CC[C@]3(C)[C@H](CC[C@@H]4[C@@]5(C)CC[C@H](OC(=O)CCCC(N)=O)C(C)(C)[C@@H]5CC[C@]43C)[C@@H]12. The van der Waals surface area contributed by atoms with Crippen molar-refractivity contribution in [3.63, 3.8) is 0 Å². The van der Waals surface area contributed by atoms with Crippen LogP contribution in [0.3, 0.4) is 0 Å². The first-order valence-electron chi connectivity index (χ1n) is 20.2. The maximum Gasteiger partial charge on any atom is 0.306 e. The summed E-state index contributed by atoms with van der Waals surface area (Å²) in [5.74, 6) is 2.11. The van der Waals surface area contributed by atoms with Crippen molar-refractivity contribution >= 4 is 17.8 Å². The minimum Gasteiger partial charge on any atom is -0.462 e. The summed E-state index contributed by atoms with van der Waals surface area (Å²) in [4.78, 5) is 37.2. The number of fused-ring (bicyclic) bond motifs is 7. The fourth-order valence-electron chi connectivity index (χ4n) is 13.6. The molecule has 7 nitrogen and oxygen atoms in total. The van der Waals surface area contributed by atoms with E-state index in [0.29, 0.717) is 54.4 Å². The number of rotatable bonds is 11. The number of ether oxygens (including phenoxy) is 1. The molecule has 5 fully saturated rings. The lowest BCUT2D eigenvalue weighted by Crippen LogP contribution is -2.66. The maximum atomic E-state index is 13.1. The predicted molar refractivity (Wildman–Crippen MR) is 203 cm³/mol. The Morgan fingerprint density at radius 1 is 0.863 bits per heavy atom. The molecule has 2 amide bonds. The zero-order chi connectivity index (χ0) is 37.0. The van der Waals surface area contributed by atoms with E-state index in [9.17, 15) is 14.4 Å². The second-order valence-corrected chi connectivity index (χ2v) is 19.3. The highest BCUT2D eigenvalue weighted by Gasteiger charge is 2.70. The average molecular weight is 702 g/mol. The van der Waals surface area contributed by atoms with Crippen molar-refractivity contribution in [2.45, 2.75) is 144 Å². The van der Waals surface area contributed by atoms with Crippen molar-refractivity contribution in [1.82, 2.24) is 5.32 Å². The Bertz CT molecular complexity index is 1490. The number of benzene rings is 1. The molecule has 0 bridgehead atoms. The molecule has 5 N–H and O–H groups in total. The molecule has 51 heavy (non-hydrogen) atoms. The number of hydrogen-bond donors (Lipinski definition) is 3. The quantitative estimate of drug-likeness (QED) is 0.160. The third-order valence-electron chi connectivity index (χ3n) is 16.5. The van der Waals surface area contributed by atoms with Gasteiger partial charge in [0, 0.05) is 24.8 Å². The van der Waals surface area contributed by atoms with E-state index in [2.05, 4.69) is 53.4 Å². The molecule has 0 radical (unpaired) electrons. The Labute approximate surface area is 307 Å². The Morgan fingerprint density at radius 2 is 1.59 bits per heavy atom. The third kappa shape index (κ3) is 6.61. The van der Waals surface area contributed by atoms with Crippen LogP contribution < -0.4 is 16.8 Å². The van der Waals surface area contributed by atoms with E-state index in [-0.39, 0.29) is 58.4 Å². The van der Waals surface area contributed by atoms with Gasteiger partial charge in [0.25, 0.3) is 0 Å². The molecular formula is C44H67N3O4. The molecule has 6 rings (SSSR count). The highest BCUT2D eigenvalue weighted by atomic mass is 16.5. The highest BCUT2D eigenvalue weighted by Crippen LogP contribution is 2.77. The van der Waals surface area contributed by atoms with Crippen LogP contribution >= 0.6 is 0 Å². The van der Waals surface area contributed by atoms with E-state index in [1.54, 1.807) is 0 Å². The van der Waals surface area contributed by atoms with E-state index < -0.39 is 6.04 Å². The van der Waals surface area contributed by atoms with Crippen LogP contribution in [0.2, 0.25) is 0 Å². The van der Waals surface area contributed by atoms with E-state index >= 15 is 0 Å². The van der Waals surface area contributed by atoms with Crippen molar-refractivity contribution in [3.8, 4) is 0 Å². The lowest BCUT2D eigenvalue weighted by atomic mass is 9.32. The van der Waals surface area contributed by atoms with E-state index in [1.165, 1.54) is 50.5 Å². The fourth-order valence-corrected chi connectivity index (χ4v) is 13.6. The molecule has 282 valence electrons. The third-order valence-corrected chi connectivity index (χ3v) is 16.5. The van der Waals surface area contributed by atoms with E-state index in [0.717, 1.165) is 24.8 Å². The van der Waals surface area contributed by atoms with Gasteiger partial charge in [-0.05, 0) is 134 Å². The molecule has 0 heterocycles. The van der Waals surface area contributed by atoms with Gasteiger partial charge in [-0.2, -0.15) is 0 Å². The lowest BCUT2D eigenvalue weighted by Gasteiger charge is -2.73. The normalized spacial score (nSPS) is 40.1. The van der Waals surface area contributed by atoms with E-state index in [1.807, 2.05) is 30.3 Å². The predicted octanol–water partition coefficient (Wildman–Crippen LogP) is 7.90. The summed E-state index contributed by atoms with van der Waals surface area (Å²) in [5, 5.41) is 3.18. The second kappa shape index (κ2) is 14.0. The molecule has 1 unspecified atom stereocenters. The van der Waals surface area contributed by atoms with Crippen LogP contribution in [0.15, 0.2) is 42.5 Å². The smallest absolute Gasteiger partial charge is 0.306 e. The van der Waals surface area contributed by atoms with Crippen LogP contribution in [0.1, 0.15) is 131 Å². The van der Waals surface area contributed by atoms with Crippen molar-refractivity contribution in [2.24, 2.45) is 68.1 Å². The number of amides is 2. The number of esters is 1. The Hall–Kier alpha value is -2.67. The van der Waals surface area contributed by atoms with E-state index in [4.69, 9.17) is 16.2 Å². The van der Waals surface area contributed by atoms with Gasteiger partial charge >= 0.3 is 5.97 Å². The number of carbonyl (C=O) groups is 3. The van der Waals surface area contributed by atoms with Crippen LogP contribution in [-0.2, 0) is 25.5 Å². The van der Waals surface area contributed by atoms with Crippen LogP contribution in [0, 0.1) is 56.7 Å². The Balaban J connectivity index is 1.15. The number of hydrogen-bond acceptors (Lipinski definition) is 5.